The number of allylic oxidation sites excluding steroid dienone is 1. The molecule has 1 saturated carbocycles. The van der Waals surface area contributed by atoms with Crippen molar-refractivity contribution >= 4 is 10.8 Å². The SMILES string of the molecule is CC(OC=C1CCCC1)C1CCCCS(=O)C1. The van der Waals surface area contributed by atoms with E-state index in [2.05, 4.69) is 6.92 Å². The predicted octanol–water partition coefficient (Wildman–Crippen LogP) is 3.40. The lowest BCUT2D eigenvalue weighted by Gasteiger charge is -2.21. The quantitative estimate of drug-likeness (QED) is 0.723. The van der Waals surface area contributed by atoms with Crippen LogP contribution >= 0.6 is 0 Å². The molecule has 2 nitrogen and oxygen atoms in total. The largest absolute Gasteiger partial charge is 0.498 e. The average molecular weight is 256 g/mol. The lowest BCUT2D eigenvalue weighted by atomic mass is 9.99. The van der Waals surface area contributed by atoms with Crippen LogP contribution in [-0.4, -0.2) is 21.8 Å². The maximum atomic E-state index is 11.7. The van der Waals surface area contributed by atoms with Crippen LogP contribution in [0.25, 0.3) is 0 Å². The summed E-state index contributed by atoms with van der Waals surface area (Å²) in [5.74, 6) is 2.21. The zero-order valence-corrected chi connectivity index (χ0v) is 11.6. The summed E-state index contributed by atoms with van der Waals surface area (Å²) < 4.78 is 17.6. The van der Waals surface area contributed by atoms with Gasteiger partial charge in [-0.15, -0.1) is 0 Å². The first kappa shape index (κ1) is 13.1. The van der Waals surface area contributed by atoms with Crippen molar-refractivity contribution in [1.29, 1.82) is 0 Å². The predicted molar refractivity (Wildman–Crippen MR) is 72.3 cm³/mol. The van der Waals surface area contributed by atoms with Crippen LogP contribution in [0.2, 0.25) is 0 Å². The molecule has 0 radical (unpaired) electrons. The fourth-order valence-corrected chi connectivity index (χ4v) is 4.31. The molecule has 17 heavy (non-hydrogen) atoms. The van der Waals surface area contributed by atoms with Gasteiger partial charge in [0.15, 0.2) is 0 Å². The van der Waals surface area contributed by atoms with Crippen molar-refractivity contribution in [2.45, 2.75) is 58.0 Å². The Bertz CT molecular complexity index is 291. The first-order valence-electron chi connectivity index (χ1n) is 6.94. The molecule has 98 valence electrons. The van der Waals surface area contributed by atoms with Gasteiger partial charge in [-0.3, -0.25) is 4.21 Å². The highest BCUT2D eigenvalue weighted by atomic mass is 32.2. The Morgan fingerprint density at radius 1 is 1.29 bits per heavy atom. The molecule has 0 aromatic heterocycles. The van der Waals surface area contributed by atoms with E-state index in [1.165, 1.54) is 44.1 Å². The Balaban J connectivity index is 1.83. The van der Waals surface area contributed by atoms with Crippen molar-refractivity contribution in [2.24, 2.45) is 5.92 Å². The second-order valence-electron chi connectivity index (χ2n) is 5.39. The van der Waals surface area contributed by atoms with E-state index in [0.29, 0.717) is 5.92 Å². The summed E-state index contributed by atoms with van der Waals surface area (Å²) in [7, 11) is -0.614. The smallest absolute Gasteiger partial charge is 0.0987 e. The third-order valence-electron chi connectivity index (χ3n) is 3.96. The molecule has 0 spiro atoms. The molecule has 3 unspecified atom stereocenters. The van der Waals surface area contributed by atoms with Gasteiger partial charge in [0, 0.05) is 28.2 Å². The Morgan fingerprint density at radius 2 is 2.06 bits per heavy atom. The van der Waals surface area contributed by atoms with Gasteiger partial charge in [-0.2, -0.15) is 0 Å². The first-order chi connectivity index (χ1) is 8.25. The van der Waals surface area contributed by atoms with Gasteiger partial charge < -0.3 is 4.74 Å². The van der Waals surface area contributed by atoms with Gasteiger partial charge in [-0.05, 0) is 51.0 Å². The van der Waals surface area contributed by atoms with E-state index in [-0.39, 0.29) is 6.10 Å². The number of hydrogen-bond acceptors (Lipinski definition) is 2. The summed E-state index contributed by atoms with van der Waals surface area (Å²) in [5, 5.41) is 0. The molecule has 1 saturated heterocycles. The summed E-state index contributed by atoms with van der Waals surface area (Å²) in [6.45, 7) is 2.14. The normalized spacial score (nSPS) is 31.9. The topological polar surface area (TPSA) is 26.3 Å². The first-order valence-corrected chi connectivity index (χ1v) is 8.43. The molecule has 0 aromatic rings. The number of ether oxygens (including phenoxy) is 1. The van der Waals surface area contributed by atoms with Crippen LogP contribution < -0.4 is 0 Å². The fraction of sp³-hybridized carbons (Fsp3) is 0.857. The second kappa shape index (κ2) is 6.58. The lowest BCUT2D eigenvalue weighted by Crippen LogP contribution is -2.23. The molecule has 3 atom stereocenters. The van der Waals surface area contributed by atoms with Gasteiger partial charge >= 0.3 is 0 Å². The minimum Gasteiger partial charge on any atom is -0.498 e. The molecule has 0 amide bonds. The van der Waals surface area contributed by atoms with Gasteiger partial charge in [-0.25, -0.2) is 0 Å². The molecular formula is C14H24O2S. The van der Waals surface area contributed by atoms with Crippen LogP contribution in [0.4, 0.5) is 0 Å². The molecule has 2 rings (SSSR count). The van der Waals surface area contributed by atoms with E-state index < -0.39 is 10.8 Å². The van der Waals surface area contributed by atoms with E-state index in [9.17, 15) is 4.21 Å². The minimum atomic E-state index is -0.614. The monoisotopic (exact) mass is 256 g/mol. The van der Waals surface area contributed by atoms with Crippen LogP contribution in [0.5, 0.6) is 0 Å². The zero-order valence-electron chi connectivity index (χ0n) is 10.8. The number of rotatable bonds is 3. The van der Waals surface area contributed by atoms with E-state index in [4.69, 9.17) is 4.74 Å². The molecule has 1 heterocycles. The summed E-state index contributed by atoms with van der Waals surface area (Å²) in [6, 6.07) is 0. The summed E-state index contributed by atoms with van der Waals surface area (Å²) in [4.78, 5) is 0. The van der Waals surface area contributed by atoms with E-state index in [1.54, 1.807) is 0 Å². The number of hydrogen-bond donors (Lipinski definition) is 0. The van der Waals surface area contributed by atoms with E-state index in [1.807, 2.05) is 6.26 Å². The van der Waals surface area contributed by atoms with Crippen molar-refractivity contribution in [3.05, 3.63) is 11.8 Å². The highest BCUT2D eigenvalue weighted by Crippen LogP contribution is 2.26. The molecule has 1 aliphatic carbocycles. The standard InChI is InChI=1S/C14H24O2S/c1-12(16-10-13-6-2-3-7-13)14-8-4-5-9-17(15)11-14/h10,12,14H,2-9,11H2,1H3. The highest BCUT2D eigenvalue weighted by molar-refractivity contribution is 7.84. The van der Waals surface area contributed by atoms with Crippen molar-refractivity contribution < 1.29 is 8.95 Å². The van der Waals surface area contributed by atoms with Crippen LogP contribution in [0.3, 0.4) is 0 Å². The summed E-state index contributed by atoms with van der Waals surface area (Å²) >= 11 is 0. The second-order valence-corrected chi connectivity index (χ2v) is 7.01. The lowest BCUT2D eigenvalue weighted by molar-refractivity contribution is 0.105. The Morgan fingerprint density at radius 3 is 2.82 bits per heavy atom. The maximum absolute atomic E-state index is 11.7. The fourth-order valence-electron chi connectivity index (χ4n) is 2.71. The zero-order chi connectivity index (χ0) is 12.1. The van der Waals surface area contributed by atoms with Crippen molar-refractivity contribution in [3.63, 3.8) is 0 Å². The van der Waals surface area contributed by atoms with Crippen molar-refractivity contribution in [1.82, 2.24) is 0 Å². The summed E-state index contributed by atoms with van der Waals surface area (Å²) in [6.07, 6.45) is 10.8. The van der Waals surface area contributed by atoms with Crippen molar-refractivity contribution in [2.75, 3.05) is 11.5 Å². The highest BCUT2D eigenvalue weighted by Gasteiger charge is 2.23. The molecule has 0 aromatic carbocycles. The molecule has 2 fully saturated rings. The van der Waals surface area contributed by atoms with Gasteiger partial charge in [-0.1, -0.05) is 6.42 Å². The Labute approximate surface area is 107 Å². The van der Waals surface area contributed by atoms with E-state index >= 15 is 0 Å². The molecule has 0 N–H and O–H groups in total. The third kappa shape index (κ3) is 4.13. The maximum Gasteiger partial charge on any atom is 0.0987 e. The molecule has 0 bridgehead atoms. The van der Waals surface area contributed by atoms with Crippen LogP contribution in [0, 0.1) is 5.92 Å². The average Bonchev–Trinajstić information content (AvgIpc) is 2.74. The van der Waals surface area contributed by atoms with Gasteiger partial charge in [0.1, 0.15) is 0 Å². The van der Waals surface area contributed by atoms with Crippen LogP contribution in [-0.2, 0) is 15.5 Å². The minimum absolute atomic E-state index is 0.227. The molecular weight excluding hydrogens is 232 g/mol. The van der Waals surface area contributed by atoms with Crippen molar-refractivity contribution in [3.8, 4) is 0 Å². The van der Waals surface area contributed by atoms with Gasteiger partial charge in [0.25, 0.3) is 0 Å². The van der Waals surface area contributed by atoms with Gasteiger partial charge in [0.05, 0.1) is 12.4 Å². The van der Waals surface area contributed by atoms with E-state index in [0.717, 1.165) is 17.9 Å². The van der Waals surface area contributed by atoms with Crippen LogP contribution in [0.1, 0.15) is 51.9 Å². The molecule has 2 aliphatic rings. The van der Waals surface area contributed by atoms with Gasteiger partial charge in [0.2, 0.25) is 0 Å². The van der Waals surface area contributed by atoms with Crippen LogP contribution in [0.15, 0.2) is 11.8 Å². The Kier molecular flexibility index (Phi) is 5.08. The Hall–Kier alpha value is -0.310. The molecule has 1 aliphatic heterocycles. The molecule has 3 heteroatoms. The third-order valence-corrected chi connectivity index (χ3v) is 5.50. The summed E-state index contributed by atoms with van der Waals surface area (Å²) in [5.41, 5.74) is 1.46.